The van der Waals surface area contributed by atoms with E-state index in [2.05, 4.69) is 20.7 Å². The van der Waals surface area contributed by atoms with Gasteiger partial charge in [-0.2, -0.15) is 10.4 Å². The van der Waals surface area contributed by atoms with E-state index in [1.807, 2.05) is 39.2 Å². The molecule has 1 atom stereocenters. The molecule has 0 saturated heterocycles. The lowest BCUT2D eigenvalue weighted by molar-refractivity contribution is -0.127. The van der Waals surface area contributed by atoms with Gasteiger partial charge < -0.3 is 20.3 Å². The number of likely N-dealkylation sites (N-methyl/N-ethyl adjacent to an activating group) is 1. The predicted molar refractivity (Wildman–Crippen MR) is 121 cm³/mol. The zero-order chi connectivity index (χ0) is 23.5. The number of aromatic nitrogens is 3. The van der Waals surface area contributed by atoms with Crippen molar-refractivity contribution in [2.75, 3.05) is 29.2 Å². The zero-order valence-electron chi connectivity index (χ0n) is 18.6. The number of nitrogens with zero attached hydrogens (tertiary/aromatic N) is 5. The average molecular weight is 449 g/mol. The van der Waals surface area contributed by atoms with Gasteiger partial charge in [-0.05, 0) is 31.5 Å². The molecule has 1 aliphatic rings. The molecule has 3 aromatic rings. The summed E-state index contributed by atoms with van der Waals surface area (Å²) < 4.78 is 20.6. The number of benzene rings is 1. The van der Waals surface area contributed by atoms with Crippen molar-refractivity contribution in [2.45, 2.75) is 33.2 Å². The van der Waals surface area contributed by atoms with E-state index in [1.54, 1.807) is 21.8 Å². The van der Waals surface area contributed by atoms with Crippen molar-refractivity contribution in [1.29, 1.82) is 5.26 Å². The van der Waals surface area contributed by atoms with Gasteiger partial charge >= 0.3 is 0 Å². The number of aryl methyl sites for hydroxylation is 1. The second-order valence-electron chi connectivity index (χ2n) is 7.71. The number of hydrogen-bond donors (Lipinski definition) is 2. The highest BCUT2D eigenvalue weighted by Gasteiger charge is 2.32. The summed E-state index contributed by atoms with van der Waals surface area (Å²) in [4.78, 5) is 18.7. The number of anilines is 3. The highest BCUT2D eigenvalue weighted by molar-refractivity contribution is 6.03. The lowest BCUT2D eigenvalue weighted by Gasteiger charge is -2.35. The largest absolute Gasteiger partial charge is 0.366 e. The maximum absolute atomic E-state index is 13.4. The van der Waals surface area contributed by atoms with Crippen LogP contribution in [0.3, 0.4) is 0 Å². The van der Waals surface area contributed by atoms with Crippen LogP contribution >= 0.6 is 0 Å². The van der Waals surface area contributed by atoms with Crippen molar-refractivity contribution in [3.8, 4) is 6.07 Å². The van der Waals surface area contributed by atoms with Crippen molar-refractivity contribution in [1.82, 2.24) is 14.8 Å². The first-order valence-corrected chi connectivity index (χ1v) is 10.5. The lowest BCUT2D eigenvalue weighted by atomic mass is 10.1. The number of nitrogens with one attached hydrogen (secondary N) is 2. The van der Waals surface area contributed by atoms with Crippen LogP contribution in [-0.4, -0.2) is 40.6 Å². The minimum Gasteiger partial charge on any atom is -0.366 e. The maximum atomic E-state index is 13.4. The Morgan fingerprint density at radius 3 is 2.94 bits per heavy atom. The van der Waals surface area contributed by atoms with Crippen molar-refractivity contribution in [3.05, 3.63) is 64.9 Å². The van der Waals surface area contributed by atoms with Gasteiger partial charge in [0.1, 0.15) is 11.6 Å². The van der Waals surface area contributed by atoms with E-state index in [-0.39, 0.29) is 5.91 Å². The number of pyridine rings is 1. The van der Waals surface area contributed by atoms with Crippen LogP contribution in [0, 0.1) is 24.1 Å². The molecule has 10 heteroatoms. The minimum atomic E-state index is -0.694. The Morgan fingerprint density at radius 1 is 1.36 bits per heavy atom. The molecule has 0 fully saturated rings. The minimum absolute atomic E-state index is 0.217. The first-order valence-electron chi connectivity index (χ1n) is 10.5. The molecule has 2 N–H and O–H groups in total. The molecule has 1 unspecified atom stereocenters. The molecule has 0 spiro atoms. The molecular weight excluding hydrogens is 425 g/mol. The van der Waals surface area contributed by atoms with Gasteiger partial charge in [-0.25, -0.2) is 9.37 Å². The van der Waals surface area contributed by atoms with Crippen molar-refractivity contribution < 1.29 is 13.9 Å². The summed E-state index contributed by atoms with van der Waals surface area (Å²) in [6.45, 7) is 4.95. The topological polar surface area (TPSA) is 108 Å². The molecule has 1 aliphatic heterocycles. The summed E-state index contributed by atoms with van der Waals surface area (Å²) in [5, 5.41) is 19.7. The van der Waals surface area contributed by atoms with E-state index in [9.17, 15) is 14.4 Å². The molecule has 33 heavy (non-hydrogen) atoms. The fourth-order valence-electron chi connectivity index (χ4n) is 3.75. The Bertz CT molecular complexity index is 1230. The smallest absolute Gasteiger partial charge is 0.274 e. The number of ether oxygens (including phenoxy) is 1. The SMILES string of the molecule is CCOC1C(=O)Nc2c(cc(NCc3cnn(Cc4ccc(F)cc4C#N)c3)nc2C)N1C. The summed E-state index contributed by atoms with van der Waals surface area (Å²) in [7, 11) is 1.82. The molecular formula is C23H24FN7O2. The van der Waals surface area contributed by atoms with Crippen molar-refractivity contribution in [3.63, 3.8) is 0 Å². The number of halogens is 1. The average Bonchev–Trinajstić information content (AvgIpc) is 3.24. The van der Waals surface area contributed by atoms with E-state index in [4.69, 9.17) is 4.74 Å². The van der Waals surface area contributed by atoms with Gasteiger partial charge in [-0.15, -0.1) is 0 Å². The molecule has 0 bridgehead atoms. The Labute approximate surface area is 190 Å². The van der Waals surface area contributed by atoms with Gasteiger partial charge in [-0.3, -0.25) is 9.48 Å². The Kier molecular flexibility index (Phi) is 6.24. The van der Waals surface area contributed by atoms with Gasteiger partial charge in [0.05, 0.1) is 41.4 Å². The van der Waals surface area contributed by atoms with Crippen LogP contribution in [0.25, 0.3) is 0 Å². The van der Waals surface area contributed by atoms with E-state index in [0.29, 0.717) is 48.0 Å². The molecule has 3 heterocycles. The van der Waals surface area contributed by atoms with E-state index in [0.717, 1.165) is 11.3 Å². The highest BCUT2D eigenvalue weighted by atomic mass is 19.1. The Morgan fingerprint density at radius 2 is 2.18 bits per heavy atom. The maximum Gasteiger partial charge on any atom is 0.274 e. The molecule has 9 nitrogen and oxygen atoms in total. The van der Waals surface area contributed by atoms with Crippen LogP contribution < -0.4 is 15.5 Å². The molecule has 2 aromatic heterocycles. The van der Waals surface area contributed by atoms with E-state index in [1.165, 1.54) is 12.1 Å². The molecule has 0 saturated carbocycles. The first kappa shape index (κ1) is 22.2. The third-order valence-electron chi connectivity index (χ3n) is 5.39. The predicted octanol–water partition coefficient (Wildman–Crippen LogP) is 3.01. The van der Waals surface area contributed by atoms with Crippen molar-refractivity contribution in [2.24, 2.45) is 0 Å². The molecule has 170 valence electrons. The zero-order valence-corrected chi connectivity index (χ0v) is 18.6. The quantitative estimate of drug-likeness (QED) is 0.571. The summed E-state index contributed by atoms with van der Waals surface area (Å²) in [6.07, 6.45) is 2.89. The molecule has 0 radical (unpaired) electrons. The number of nitriles is 1. The standard InChI is InChI=1S/C23H24FN7O2/c1-4-33-23-22(32)29-21-14(2)28-20(8-19(21)30(23)3)26-10-15-11-27-31(12-15)13-16-5-6-18(24)7-17(16)9-25/h5-8,11-12,23H,4,10,13H2,1-3H3,(H,26,28)(H,29,32). The summed E-state index contributed by atoms with van der Waals surface area (Å²) in [5.41, 5.74) is 4.09. The first-order chi connectivity index (χ1) is 15.9. The third-order valence-corrected chi connectivity index (χ3v) is 5.39. The van der Waals surface area contributed by atoms with Crippen LogP contribution in [0.4, 0.5) is 21.6 Å². The number of amides is 1. The third kappa shape index (κ3) is 4.63. The lowest BCUT2D eigenvalue weighted by Crippen LogP contribution is -2.48. The van der Waals surface area contributed by atoms with Gasteiger partial charge in [0.15, 0.2) is 0 Å². The summed E-state index contributed by atoms with van der Waals surface area (Å²) in [5.74, 6) is -0.000539. The Hall–Kier alpha value is -3.97. The van der Waals surface area contributed by atoms with Crippen LogP contribution in [0.2, 0.25) is 0 Å². The van der Waals surface area contributed by atoms with Crippen molar-refractivity contribution >= 4 is 23.1 Å². The molecule has 4 rings (SSSR count). The number of hydrogen-bond acceptors (Lipinski definition) is 7. The van der Waals surface area contributed by atoms with Gasteiger partial charge in [-0.1, -0.05) is 6.07 Å². The number of fused-ring (bicyclic) bond motifs is 1. The van der Waals surface area contributed by atoms with Crippen LogP contribution in [-0.2, 0) is 22.6 Å². The number of carbonyl (C=O) groups is 1. The van der Waals surface area contributed by atoms with Crippen LogP contribution in [0.1, 0.15) is 29.3 Å². The Balaban J connectivity index is 1.47. The van der Waals surface area contributed by atoms with Gasteiger partial charge in [0.25, 0.3) is 5.91 Å². The summed E-state index contributed by atoms with van der Waals surface area (Å²) >= 11 is 0. The van der Waals surface area contributed by atoms with E-state index >= 15 is 0 Å². The van der Waals surface area contributed by atoms with E-state index < -0.39 is 12.0 Å². The summed E-state index contributed by atoms with van der Waals surface area (Å²) in [6, 6.07) is 8.04. The normalized spacial score (nSPS) is 15.1. The second kappa shape index (κ2) is 9.26. The highest BCUT2D eigenvalue weighted by Crippen LogP contribution is 2.35. The van der Waals surface area contributed by atoms with Crippen LogP contribution in [0.5, 0.6) is 0 Å². The fourth-order valence-corrected chi connectivity index (χ4v) is 3.75. The molecule has 0 aliphatic carbocycles. The fraction of sp³-hybridized carbons (Fsp3) is 0.304. The molecule has 1 aromatic carbocycles. The van der Waals surface area contributed by atoms with Gasteiger partial charge in [0, 0.05) is 38.0 Å². The number of carbonyl (C=O) groups excluding carboxylic acids is 1. The van der Waals surface area contributed by atoms with Crippen LogP contribution in [0.15, 0.2) is 36.7 Å². The number of rotatable bonds is 7. The molecule has 1 amide bonds. The monoisotopic (exact) mass is 449 g/mol. The second-order valence-corrected chi connectivity index (χ2v) is 7.71. The van der Waals surface area contributed by atoms with Gasteiger partial charge in [0.2, 0.25) is 6.23 Å².